The van der Waals surface area contributed by atoms with Crippen LogP contribution in [0.4, 0.5) is 0 Å². The van der Waals surface area contributed by atoms with Gasteiger partial charge in [0.25, 0.3) is 0 Å². The second-order valence-corrected chi connectivity index (χ2v) is 3.58. The number of aliphatic hydroxyl groups excluding tert-OH is 1. The van der Waals surface area contributed by atoms with Gasteiger partial charge in [0.1, 0.15) is 0 Å². The summed E-state index contributed by atoms with van der Waals surface area (Å²) >= 11 is 0. The summed E-state index contributed by atoms with van der Waals surface area (Å²) in [5.41, 5.74) is 0. The zero-order chi connectivity index (χ0) is 7.68. The summed E-state index contributed by atoms with van der Waals surface area (Å²) in [6, 6.07) is 1.09. The minimum absolute atomic E-state index is 0.281. The first-order valence-corrected chi connectivity index (χ1v) is 4.48. The van der Waals surface area contributed by atoms with Gasteiger partial charge in [-0.2, -0.15) is 0 Å². The van der Waals surface area contributed by atoms with Crippen molar-refractivity contribution in [2.45, 2.75) is 24.9 Å². The Morgan fingerprint density at radius 3 is 3.27 bits per heavy atom. The molecule has 64 valence electrons. The van der Waals surface area contributed by atoms with Crippen molar-refractivity contribution in [2.75, 3.05) is 26.2 Å². The predicted molar refractivity (Wildman–Crippen MR) is 43.5 cm³/mol. The quantitative estimate of drug-likeness (QED) is 0.533. The number of hydrogen-bond donors (Lipinski definition) is 2. The van der Waals surface area contributed by atoms with Crippen molar-refractivity contribution in [2.24, 2.45) is 0 Å². The third kappa shape index (κ3) is 1.41. The summed E-state index contributed by atoms with van der Waals surface area (Å²) in [6.45, 7) is 3.64. The average molecular weight is 156 g/mol. The van der Waals surface area contributed by atoms with E-state index in [-0.39, 0.29) is 6.61 Å². The maximum Gasteiger partial charge on any atom is 0.0597 e. The lowest BCUT2D eigenvalue weighted by molar-refractivity contribution is 0.130. The standard InChI is InChI=1S/C8H16N2O/c11-6-7-5-10-3-1-2-8(10)4-9-7/h7-9,11H,1-6H2/t7-,8-/m0/s1. The van der Waals surface area contributed by atoms with Crippen LogP contribution in [0.2, 0.25) is 0 Å². The van der Waals surface area contributed by atoms with Crippen molar-refractivity contribution in [3.8, 4) is 0 Å². The smallest absolute Gasteiger partial charge is 0.0597 e. The second-order valence-electron chi connectivity index (χ2n) is 3.58. The van der Waals surface area contributed by atoms with Crippen LogP contribution in [0.1, 0.15) is 12.8 Å². The highest BCUT2D eigenvalue weighted by atomic mass is 16.3. The predicted octanol–water partition coefficient (Wildman–Crippen LogP) is -0.585. The number of nitrogens with zero attached hydrogens (tertiary/aromatic N) is 1. The minimum atomic E-state index is 0.281. The summed E-state index contributed by atoms with van der Waals surface area (Å²) in [5.74, 6) is 0. The summed E-state index contributed by atoms with van der Waals surface area (Å²) in [5, 5.41) is 12.3. The summed E-state index contributed by atoms with van der Waals surface area (Å²) in [6.07, 6.45) is 2.68. The molecular weight excluding hydrogens is 140 g/mol. The van der Waals surface area contributed by atoms with E-state index in [1.807, 2.05) is 0 Å². The van der Waals surface area contributed by atoms with Gasteiger partial charge >= 0.3 is 0 Å². The highest BCUT2D eigenvalue weighted by molar-refractivity contribution is 4.89. The first kappa shape index (κ1) is 7.53. The molecule has 11 heavy (non-hydrogen) atoms. The molecule has 2 atom stereocenters. The highest BCUT2D eigenvalue weighted by Gasteiger charge is 2.30. The molecule has 0 aliphatic carbocycles. The Morgan fingerprint density at radius 2 is 2.45 bits per heavy atom. The molecule has 0 saturated carbocycles. The van der Waals surface area contributed by atoms with Crippen LogP contribution in [0.5, 0.6) is 0 Å². The van der Waals surface area contributed by atoms with Crippen molar-refractivity contribution >= 4 is 0 Å². The molecule has 0 bridgehead atoms. The van der Waals surface area contributed by atoms with Gasteiger partial charge in [-0.1, -0.05) is 0 Å². The summed E-state index contributed by atoms with van der Waals surface area (Å²) in [4.78, 5) is 2.50. The number of aliphatic hydroxyl groups is 1. The topological polar surface area (TPSA) is 35.5 Å². The lowest BCUT2D eigenvalue weighted by Crippen LogP contribution is -2.55. The number of nitrogens with one attached hydrogen (secondary N) is 1. The van der Waals surface area contributed by atoms with Gasteiger partial charge in [-0.05, 0) is 19.4 Å². The van der Waals surface area contributed by atoms with E-state index in [2.05, 4.69) is 10.2 Å². The van der Waals surface area contributed by atoms with Crippen LogP contribution in [0, 0.1) is 0 Å². The molecule has 0 aromatic carbocycles. The first-order chi connectivity index (χ1) is 5.40. The molecule has 2 N–H and O–H groups in total. The third-order valence-electron chi connectivity index (χ3n) is 2.82. The van der Waals surface area contributed by atoms with E-state index < -0.39 is 0 Å². The normalized spacial score (nSPS) is 39.0. The van der Waals surface area contributed by atoms with Crippen molar-refractivity contribution in [3.05, 3.63) is 0 Å². The van der Waals surface area contributed by atoms with Crippen molar-refractivity contribution in [1.29, 1.82) is 0 Å². The molecule has 3 nitrogen and oxygen atoms in total. The molecular formula is C8H16N2O. The molecule has 2 heterocycles. The molecule has 0 aromatic rings. The Labute approximate surface area is 67.4 Å². The first-order valence-electron chi connectivity index (χ1n) is 4.48. The van der Waals surface area contributed by atoms with E-state index in [4.69, 9.17) is 5.11 Å². The zero-order valence-corrected chi connectivity index (χ0v) is 6.79. The van der Waals surface area contributed by atoms with E-state index in [0.29, 0.717) is 6.04 Å². The van der Waals surface area contributed by atoms with Gasteiger partial charge in [0.05, 0.1) is 6.61 Å². The Kier molecular flexibility index (Phi) is 2.11. The Morgan fingerprint density at radius 1 is 1.55 bits per heavy atom. The largest absolute Gasteiger partial charge is 0.395 e. The fraction of sp³-hybridized carbons (Fsp3) is 1.00. The number of piperazine rings is 1. The van der Waals surface area contributed by atoms with E-state index >= 15 is 0 Å². The zero-order valence-electron chi connectivity index (χ0n) is 6.79. The monoisotopic (exact) mass is 156 g/mol. The summed E-state index contributed by atoms with van der Waals surface area (Å²) < 4.78 is 0. The lowest BCUT2D eigenvalue weighted by atomic mass is 10.1. The van der Waals surface area contributed by atoms with Gasteiger partial charge in [-0.15, -0.1) is 0 Å². The molecule has 2 aliphatic rings. The van der Waals surface area contributed by atoms with Crippen LogP contribution < -0.4 is 5.32 Å². The highest BCUT2D eigenvalue weighted by Crippen LogP contribution is 2.19. The number of rotatable bonds is 1. The van der Waals surface area contributed by atoms with Crippen molar-refractivity contribution < 1.29 is 5.11 Å². The van der Waals surface area contributed by atoms with Crippen LogP contribution in [-0.4, -0.2) is 48.3 Å². The van der Waals surface area contributed by atoms with Gasteiger partial charge in [-0.25, -0.2) is 0 Å². The summed E-state index contributed by atoms with van der Waals surface area (Å²) in [7, 11) is 0. The third-order valence-corrected chi connectivity index (χ3v) is 2.82. The van der Waals surface area contributed by atoms with Gasteiger partial charge in [0, 0.05) is 25.2 Å². The van der Waals surface area contributed by atoms with Crippen LogP contribution in [0.3, 0.4) is 0 Å². The SMILES string of the molecule is OC[C@@H]1CN2CCC[C@H]2CN1. The molecule has 2 rings (SSSR count). The van der Waals surface area contributed by atoms with E-state index in [1.165, 1.54) is 19.4 Å². The van der Waals surface area contributed by atoms with Crippen LogP contribution in [0.25, 0.3) is 0 Å². The molecule has 0 amide bonds. The van der Waals surface area contributed by atoms with Crippen molar-refractivity contribution in [1.82, 2.24) is 10.2 Å². The molecule has 0 radical (unpaired) electrons. The Hall–Kier alpha value is -0.120. The molecule has 2 aliphatic heterocycles. The van der Waals surface area contributed by atoms with E-state index in [0.717, 1.165) is 19.1 Å². The molecule has 2 fully saturated rings. The molecule has 0 aromatic heterocycles. The van der Waals surface area contributed by atoms with Gasteiger partial charge in [0.15, 0.2) is 0 Å². The van der Waals surface area contributed by atoms with Crippen molar-refractivity contribution in [3.63, 3.8) is 0 Å². The van der Waals surface area contributed by atoms with Crippen LogP contribution in [0.15, 0.2) is 0 Å². The fourth-order valence-corrected chi connectivity index (χ4v) is 2.14. The van der Waals surface area contributed by atoms with Crippen LogP contribution >= 0.6 is 0 Å². The molecule has 2 saturated heterocycles. The minimum Gasteiger partial charge on any atom is -0.395 e. The Bertz CT molecular complexity index is 140. The van der Waals surface area contributed by atoms with Crippen LogP contribution in [-0.2, 0) is 0 Å². The number of hydrogen-bond acceptors (Lipinski definition) is 3. The molecule has 3 heteroatoms. The fourth-order valence-electron chi connectivity index (χ4n) is 2.14. The average Bonchev–Trinajstić information content (AvgIpc) is 2.50. The number of fused-ring (bicyclic) bond motifs is 1. The van der Waals surface area contributed by atoms with Gasteiger partial charge in [-0.3, -0.25) is 4.90 Å². The maximum atomic E-state index is 8.92. The maximum absolute atomic E-state index is 8.92. The Balaban J connectivity index is 1.91. The second kappa shape index (κ2) is 3.09. The molecule has 0 spiro atoms. The van der Waals surface area contributed by atoms with Gasteiger partial charge < -0.3 is 10.4 Å². The van der Waals surface area contributed by atoms with Gasteiger partial charge in [0.2, 0.25) is 0 Å². The van der Waals surface area contributed by atoms with E-state index in [1.54, 1.807) is 0 Å². The lowest BCUT2D eigenvalue weighted by Gasteiger charge is -2.35. The molecule has 0 unspecified atom stereocenters. The van der Waals surface area contributed by atoms with E-state index in [9.17, 15) is 0 Å².